The SMILES string of the molecule is CN(C)[C@@H]1C(=O)C(C(N)=O)=C(O)[C@@]2(O)C(O)C3C(=O)c4c(O)cc(CNC5(C)CCCC5)c(F)c4C[C@H]3C[C@@H]12. The topological polar surface area (TPSA) is 173 Å². The van der Waals surface area contributed by atoms with Gasteiger partial charge < -0.3 is 31.5 Å². The number of phenolic OH excluding ortho intramolecular Hbond substituents is 1. The largest absolute Gasteiger partial charge is 0.508 e. The van der Waals surface area contributed by atoms with Gasteiger partial charge in [-0.15, -0.1) is 0 Å². The first kappa shape index (κ1) is 27.7. The zero-order chi connectivity index (χ0) is 28.6. The number of ketones is 2. The highest BCUT2D eigenvalue weighted by atomic mass is 19.1. The Labute approximate surface area is 225 Å². The summed E-state index contributed by atoms with van der Waals surface area (Å²) in [6, 6.07) is 0.0791. The second-order valence-electron chi connectivity index (χ2n) is 12.2. The molecule has 212 valence electrons. The number of phenols is 1. The molecule has 2 fully saturated rings. The summed E-state index contributed by atoms with van der Waals surface area (Å²) in [6.07, 6.45) is 2.07. The zero-order valence-electron chi connectivity index (χ0n) is 22.3. The fraction of sp³-hybridized carbons (Fsp3) is 0.607. The molecule has 1 aromatic carbocycles. The van der Waals surface area contributed by atoms with Crippen molar-refractivity contribution in [2.75, 3.05) is 14.1 Å². The number of hydrogen-bond donors (Lipinski definition) is 6. The van der Waals surface area contributed by atoms with Gasteiger partial charge in [-0.05, 0) is 58.7 Å². The lowest BCUT2D eigenvalue weighted by molar-refractivity contribution is -0.183. The Balaban J connectivity index is 1.56. The average Bonchev–Trinajstić information content (AvgIpc) is 3.28. The fourth-order valence-electron chi connectivity index (χ4n) is 7.56. The molecule has 2 unspecified atom stereocenters. The Bertz CT molecular complexity index is 1290. The quantitative estimate of drug-likeness (QED) is 0.293. The van der Waals surface area contributed by atoms with Crippen molar-refractivity contribution in [3.8, 4) is 5.75 Å². The van der Waals surface area contributed by atoms with E-state index in [0.29, 0.717) is 0 Å². The highest BCUT2D eigenvalue weighted by molar-refractivity contribution is 6.22. The molecular formula is C28H36FN3O7. The number of halogens is 1. The van der Waals surface area contributed by atoms with E-state index in [2.05, 4.69) is 12.2 Å². The van der Waals surface area contributed by atoms with Gasteiger partial charge in [0.15, 0.2) is 17.2 Å². The van der Waals surface area contributed by atoms with Gasteiger partial charge in [0.05, 0.1) is 17.5 Å². The van der Waals surface area contributed by atoms with Crippen LogP contribution in [0.5, 0.6) is 5.75 Å². The third kappa shape index (κ3) is 4.01. The minimum Gasteiger partial charge on any atom is -0.508 e. The third-order valence-electron chi connectivity index (χ3n) is 9.58. The summed E-state index contributed by atoms with van der Waals surface area (Å²) in [7, 11) is 3.09. The van der Waals surface area contributed by atoms with Crippen molar-refractivity contribution in [2.45, 2.75) is 75.3 Å². The Morgan fingerprint density at radius 1 is 1.21 bits per heavy atom. The minimum absolute atomic E-state index is 0.0264. The highest BCUT2D eigenvalue weighted by Crippen LogP contribution is 2.54. The lowest BCUT2D eigenvalue weighted by atomic mass is 9.53. The number of nitrogens with zero attached hydrogens (tertiary/aromatic N) is 1. The fourth-order valence-corrected chi connectivity index (χ4v) is 7.56. The van der Waals surface area contributed by atoms with E-state index in [-0.39, 0.29) is 41.6 Å². The normalized spacial score (nSPS) is 33.7. The Morgan fingerprint density at radius 3 is 2.44 bits per heavy atom. The van der Waals surface area contributed by atoms with Crippen molar-refractivity contribution in [1.29, 1.82) is 0 Å². The summed E-state index contributed by atoms with van der Waals surface area (Å²) >= 11 is 0. The van der Waals surface area contributed by atoms with Gasteiger partial charge in [0, 0.05) is 29.1 Å². The number of nitrogens with one attached hydrogen (secondary N) is 1. The second kappa shape index (κ2) is 9.36. The molecule has 0 aromatic heterocycles. The van der Waals surface area contributed by atoms with Crippen molar-refractivity contribution in [3.63, 3.8) is 0 Å². The molecule has 39 heavy (non-hydrogen) atoms. The molecule has 5 rings (SSSR count). The van der Waals surface area contributed by atoms with Crippen molar-refractivity contribution in [1.82, 2.24) is 10.2 Å². The van der Waals surface area contributed by atoms with Gasteiger partial charge in [0.2, 0.25) is 0 Å². The van der Waals surface area contributed by atoms with E-state index in [1.165, 1.54) is 11.0 Å². The number of aromatic hydroxyl groups is 1. The monoisotopic (exact) mass is 545 g/mol. The predicted molar refractivity (Wildman–Crippen MR) is 137 cm³/mol. The summed E-state index contributed by atoms with van der Waals surface area (Å²) in [4.78, 5) is 40.4. The van der Waals surface area contributed by atoms with E-state index in [9.17, 15) is 34.8 Å². The highest BCUT2D eigenvalue weighted by Gasteiger charge is 2.66. The van der Waals surface area contributed by atoms with E-state index in [1.54, 1.807) is 14.1 Å². The van der Waals surface area contributed by atoms with Gasteiger partial charge in [-0.25, -0.2) is 4.39 Å². The van der Waals surface area contributed by atoms with Crippen LogP contribution in [0.4, 0.5) is 4.39 Å². The number of amides is 1. The smallest absolute Gasteiger partial charge is 0.255 e. The van der Waals surface area contributed by atoms with Crippen LogP contribution in [0.15, 0.2) is 17.4 Å². The van der Waals surface area contributed by atoms with Crippen LogP contribution in [-0.2, 0) is 22.6 Å². The first-order valence-corrected chi connectivity index (χ1v) is 13.4. The summed E-state index contributed by atoms with van der Waals surface area (Å²) in [6.45, 7) is 2.25. The number of fused-ring (bicyclic) bond motifs is 3. The van der Waals surface area contributed by atoms with E-state index >= 15 is 4.39 Å². The molecule has 0 heterocycles. The van der Waals surface area contributed by atoms with Gasteiger partial charge in [0.25, 0.3) is 5.91 Å². The van der Waals surface area contributed by atoms with Gasteiger partial charge in [-0.2, -0.15) is 0 Å². The van der Waals surface area contributed by atoms with Crippen LogP contribution in [0, 0.1) is 23.6 Å². The molecule has 0 saturated heterocycles. The molecule has 6 atom stereocenters. The number of rotatable bonds is 5. The molecule has 1 amide bonds. The summed E-state index contributed by atoms with van der Waals surface area (Å²) in [5.74, 6) is -8.07. The van der Waals surface area contributed by atoms with E-state index in [4.69, 9.17) is 5.73 Å². The predicted octanol–water partition coefficient (Wildman–Crippen LogP) is 0.847. The molecule has 4 aliphatic carbocycles. The van der Waals surface area contributed by atoms with Gasteiger partial charge in [-0.3, -0.25) is 19.3 Å². The minimum atomic E-state index is -2.53. The Hall–Kier alpha value is -2.86. The number of primary amides is 1. The van der Waals surface area contributed by atoms with Crippen molar-refractivity contribution in [3.05, 3.63) is 39.9 Å². The van der Waals surface area contributed by atoms with Crippen LogP contribution in [0.1, 0.15) is 60.5 Å². The first-order valence-electron chi connectivity index (χ1n) is 13.4. The van der Waals surface area contributed by atoms with Crippen molar-refractivity contribution < 1.29 is 39.2 Å². The molecule has 11 heteroatoms. The second-order valence-corrected chi connectivity index (χ2v) is 12.2. The number of carbonyl (C=O) groups excluding carboxylic acids is 3. The van der Waals surface area contributed by atoms with Gasteiger partial charge in [-0.1, -0.05) is 12.8 Å². The third-order valence-corrected chi connectivity index (χ3v) is 9.58. The van der Waals surface area contributed by atoms with Crippen LogP contribution in [0.3, 0.4) is 0 Å². The molecular weight excluding hydrogens is 509 g/mol. The Kier molecular flexibility index (Phi) is 6.65. The van der Waals surface area contributed by atoms with Crippen LogP contribution in [0.25, 0.3) is 0 Å². The molecule has 7 N–H and O–H groups in total. The number of nitrogens with two attached hydrogens (primary N) is 1. The van der Waals surface area contributed by atoms with Gasteiger partial charge in [0.1, 0.15) is 29.0 Å². The van der Waals surface area contributed by atoms with E-state index < -0.39 is 75.9 Å². The number of likely N-dealkylation sites (N-methyl/N-ethyl adjacent to an activating group) is 1. The van der Waals surface area contributed by atoms with Crippen molar-refractivity contribution in [2.24, 2.45) is 23.5 Å². The molecule has 10 nitrogen and oxygen atoms in total. The number of benzene rings is 1. The first-order chi connectivity index (χ1) is 18.2. The number of aliphatic hydroxyl groups is 3. The number of hydrogen-bond acceptors (Lipinski definition) is 9. The van der Waals surface area contributed by atoms with Crippen molar-refractivity contribution >= 4 is 17.5 Å². The Morgan fingerprint density at radius 2 is 1.85 bits per heavy atom. The van der Waals surface area contributed by atoms with E-state index in [1.807, 2.05) is 0 Å². The number of carbonyl (C=O) groups is 3. The molecule has 4 aliphatic rings. The molecule has 0 aliphatic heterocycles. The van der Waals surface area contributed by atoms with Crippen LogP contribution in [0.2, 0.25) is 0 Å². The van der Waals surface area contributed by atoms with Crippen LogP contribution in [-0.4, -0.2) is 80.2 Å². The molecule has 0 bridgehead atoms. The van der Waals surface area contributed by atoms with E-state index in [0.717, 1.165) is 25.7 Å². The van der Waals surface area contributed by atoms with Crippen LogP contribution >= 0.6 is 0 Å². The molecule has 2 saturated carbocycles. The maximum atomic E-state index is 15.9. The molecule has 0 radical (unpaired) electrons. The summed E-state index contributed by atoms with van der Waals surface area (Å²) in [5, 5.41) is 48.3. The molecule has 0 spiro atoms. The number of aliphatic hydroxyl groups excluding tert-OH is 2. The number of Topliss-reactive ketones (excluding diaryl/α,β-unsaturated/α-hetero) is 2. The standard InChI is InChI=1S/C28H36FN3O7/c1-27(6-4-5-7-27)31-11-13-10-16(33)18-14(20(13)29)8-12-9-15-21(32(2)3)23(35)19(26(30)38)25(37)28(15,39)24(36)17(12)22(18)34/h10,12,15,17,21,24,31,33,36-37,39H,4-9,11H2,1-3H3,(H2,30,38)/t12-,15-,17?,21-,24?,28-/m0/s1. The summed E-state index contributed by atoms with van der Waals surface area (Å²) in [5.41, 5.74) is 1.86. The lowest BCUT2D eigenvalue weighted by Gasteiger charge is -2.55. The average molecular weight is 546 g/mol. The molecule has 1 aromatic rings. The maximum absolute atomic E-state index is 15.9. The zero-order valence-corrected chi connectivity index (χ0v) is 22.3. The lowest BCUT2D eigenvalue weighted by Crippen LogP contribution is -2.69. The van der Waals surface area contributed by atoms with Gasteiger partial charge >= 0.3 is 0 Å². The maximum Gasteiger partial charge on any atom is 0.255 e. The summed E-state index contributed by atoms with van der Waals surface area (Å²) < 4.78 is 15.9. The van der Waals surface area contributed by atoms with Crippen LogP contribution < -0.4 is 11.1 Å².